The van der Waals surface area contributed by atoms with Gasteiger partial charge in [-0.2, -0.15) is 0 Å². The highest BCUT2D eigenvalue weighted by atomic mass is 32.1. The molecule has 1 aromatic rings. The van der Waals surface area contributed by atoms with E-state index >= 15 is 0 Å². The number of hydrogen-bond donors (Lipinski definition) is 0. The maximum atomic E-state index is 7.57. The summed E-state index contributed by atoms with van der Waals surface area (Å²) in [6.45, 7) is 8.28. The van der Waals surface area contributed by atoms with Crippen LogP contribution >= 0.6 is 11.3 Å². The summed E-state index contributed by atoms with van der Waals surface area (Å²) in [6.07, 6.45) is 0. The van der Waals surface area contributed by atoms with Gasteiger partial charge in [-0.3, -0.25) is 0 Å². The standard InChI is InChI=1S/C9H14S/c1-7-5-6-10-8(7)9(2,3)4/h5-6H,1-4H3/i5D,6D. The summed E-state index contributed by atoms with van der Waals surface area (Å²) in [6, 6.07) is 0.393. The largest absolute Gasteiger partial charge is 0.148 e. The summed E-state index contributed by atoms with van der Waals surface area (Å²) in [7, 11) is 0. The van der Waals surface area contributed by atoms with Gasteiger partial charge in [0.25, 0.3) is 0 Å². The molecule has 0 spiro atoms. The van der Waals surface area contributed by atoms with Gasteiger partial charge >= 0.3 is 0 Å². The van der Waals surface area contributed by atoms with Crippen LogP contribution in [0.4, 0.5) is 0 Å². The van der Waals surface area contributed by atoms with Crippen molar-refractivity contribution < 1.29 is 2.74 Å². The second-order valence-corrected chi connectivity index (χ2v) is 4.35. The van der Waals surface area contributed by atoms with Crippen molar-refractivity contribution in [2.75, 3.05) is 0 Å². The SMILES string of the molecule is [2H]c1sc(C(C)(C)C)c(C)c1[2H]. The predicted molar refractivity (Wildman–Crippen MR) is 47.8 cm³/mol. The first-order valence-corrected chi connectivity index (χ1v) is 4.22. The molecular formula is C9H14S. The molecule has 0 aliphatic rings. The van der Waals surface area contributed by atoms with Crippen LogP contribution in [0.3, 0.4) is 0 Å². The molecule has 1 heterocycles. The van der Waals surface area contributed by atoms with Crippen molar-refractivity contribution in [3.05, 3.63) is 21.8 Å². The Bertz CT molecular complexity index is 294. The van der Waals surface area contributed by atoms with Gasteiger partial charge in [-0.05, 0) is 29.3 Å². The lowest BCUT2D eigenvalue weighted by atomic mass is 9.92. The van der Waals surface area contributed by atoms with Crippen LogP contribution in [-0.2, 0) is 5.41 Å². The Balaban J connectivity index is 3.28. The smallest absolute Gasteiger partial charge is 0.0740 e. The van der Waals surface area contributed by atoms with E-state index in [1.807, 2.05) is 6.92 Å². The highest BCUT2D eigenvalue weighted by molar-refractivity contribution is 7.10. The quantitative estimate of drug-likeness (QED) is 0.540. The maximum Gasteiger partial charge on any atom is 0.0740 e. The molecule has 1 aromatic heterocycles. The molecular weight excluding hydrogens is 140 g/mol. The molecule has 0 unspecified atom stereocenters. The maximum absolute atomic E-state index is 7.57. The summed E-state index contributed by atoms with van der Waals surface area (Å²) in [4.78, 5) is 1.16. The van der Waals surface area contributed by atoms with E-state index in [9.17, 15) is 0 Å². The van der Waals surface area contributed by atoms with Gasteiger partial charge in [0.2, 0.25) is 0 Å². The van der Waals surface area contributed by atoms with Gasteiger partial charge in [-0.25, -0.2) is 0 Å². The van der Waals surface area contributed by atoms with Crippen molar-refractivity contribution in [2.24, 2.45) is 0 Å². The summed E-state index contributed by atoms with van der Waals surface area (Å²) < 4.78 is 15.1. The van der Waals surface area contributed by atoms with Crippen LogP contribution in [0.2, 0.25) is 0 Å². The zero-order valence-electron chi connectivity index (χ0n) is 8.91. The van der Waals surface area contributed by atoms with E-state index in [1.165, 1.54) is 11.3 Å². The van der Waals surface area contributed by atoms with E-state index in [0.717, 1.165) is 10.4 Å². The molecule has 0 fully saturated rings. The Morgan fingerprint density at radius 1 is 1.50 bits per heavy atom. The number of thiophene rings is 1. The highest BCUT2D eigenvalue weighted by Gasteiger charge is 2.16. The van der Waals surface area contributed by atoms with Gasteiger partial charge in [0, 0.05) is 4.88 Å². The van der Waals surface area contributed by atoms with Gasteiger partial charge in [-0.1, -0.05) is 20.8 Å². The fraction of sp³-hybridized carbons (Fsp3) is 0.556. The molecule has 0 bridgehead atoms. The third-order valence-electron chi connectivity index (χ3n) is 1.41. The second-order valence-electron chi connectivity index (χ2n) is 3.53. The minimum absolute atomic E-state index is 0.0733. The Kier molecular flexibility index (Phi) is 1.28. The Morgan fingerprint density at radius 3 is 2.30 bits per heavy atom. The van der Waals surface area contributed by atoms with Crippen LogP contribution in [-0.4, -0.2) is 0 Å². The molecule has 0 N–H and O–H groups in total. The lowest BCUT2D eigenvalue weighted by molar-refractivity contribution is 0.600. The first kappa shape index (κ1) is 5.36. The van der Waals surface area contributed by atoms with E-state index in [1.54, 1.807) is 0 Å². The van der Waals surface area contributed by atoms with E-state index in [0.29, 0.717) is 11.4 Å². The number of hydrogen-bond acceptors (Lipinski definition) is 1. The molecule has 10 heavy (non-hydrogen) atoms. The molecule has 56 valence electrons. The molecule has 0 saturated carbocycles. The molecule has 0 saturated heterocycles. The summed E-state index contributed by atoms with van der Waals surface area (Å²) in [5.41, 5.74) is 1.04. The van der Waals surface area contributed by atoms with Crippen molar-refractivity contribution >= 4 is 11.3 Å². The van der Waals surface area contributed by atoms with Gasteiger partial charge < -0.3 is 0 Å². The van der Waals surface area contributed by atoms with E-state index in [4.69, 9.17) is 2.74 Å². The highest BCUT2D eigenvalue weighted by Crippen LogP contribution is 2.29. The van der Waals surface area contributed by atoms with Crippen molar-refractivity contribution in [2.45, 2.75) is 33.1 Å². The van der Waals surface area contributed by atoms with Crippen molar-refractivity contribution in [1.82, 2.24) is 0 Å². The van der Waals surface area contributed by atoms with Crippen molar-refractivity contribution in [1.29, 1.82) is 0 Å². The minimum Gasteiger partial charge on any atom is -0.148 e. The number of rotatable bonds is 0. The monoisotopic (exact) mass is 156 g/mol. The van der Waals surface area contributed by atoms with Crippen LogP contribution < -0.4 is 0 Å². The van der Waals surface area contributed by atoms with E-state index in [-0.39, 0.29) is 5.41 Å². The van der Waals surface area contributed by atoms with Gasteiger partial charge in [0.15, 0.2) is 0 Å². The molecule has 1 heteroatoms. The molecule has 0 radical (unpaired) electrons. The predicted octanol–water partition coefficient (Wildman–Crippen LogP) is 3.35. The lowest BCUT2D eigenvalue weighted by Crippen LogP contribution is -2.09. The van der Waals surface area contributed by atoms with Crippen LogP contribution in [0.5, 0.6) is 0 Å². The van der Waals surface area contributed by atoms with Gasteiger partial charge in [0.1, 0.15) is 0 Å². The molecule has 0 amide bonds. The lowest BCUT2D eigenvalue weighted by Gasteiger charge is -2.17. The van der Waals surface area contributed by atoms with Crippen molar-refractivity contribution in [3.8, 4) is 0 Å². The van der Waals surface area contributed by atoms with E-state index < -0.39 is 0 Å². The fourth-order valence-electron chi connectivity index (χ4n) is 1.00. The van der Waals surface area contributed by atoms with Crippen LogP contribution in [0.25, 0.3) is 0 Å². The summed E-state index contributed by atoms with van der Waals surface area (Å²) >= 11 is 1.43. The first-order valence-electron chi connectivity index (χ1n) is 4.41. The molecule has 1 rings (SSSR count). The summed E-state index contributed by atoms with van der Waals surface area (Å²) in [5.74, 6) is 0. The molecule has 0 nitrogen and oxygen atoms in total. The van der Waals surface area contributed by atoms with Crippen molar-refractivity contribution in [3.63, 3.8) is 0 Å². The molecule has 0 aliphatic heterocycles. The third kappa shape index (κ3) is 1.40. The fourth-order valence-corrected chi connectivity index (χ4v) is 1.82. The normalized spacial score (nSPS) is 14.8. The average Bonchev–Trinajstić information content (AvgIpc) is 2.15. The molecule has 0 aliphatic carbocycles. The van der Waals surface area contributed by atoms with E-state index in [2.05, 4.69) is 20.8 Å². The second kappa shape index (κ2) is 2.39. The summed E-state index contributed by atoms with van der Waals surface area (Å²) in [5, 5.41) is 0.387. The first-order chi connectivity index (χ1) is 5.34. The Labute approximate surface area is 69.7 Å². The van der Waals surface area contributed by atoms with Crippen LogP contribution in [0.15, 0.2) is 11.4 Å². The molecule has 0 aromatic carbocycles. The average molecular weight is 156 g/mol. The van der Waals surface area contributed by atoms with Gasteiger partial charge in [-0.15, -0.1) is 11.3 Å². The zero-order chi connectivity index (χ0) is 9.52. The third-order valence-corrected chi connectivity index (χ3v) is 2.74. The Hall–Kier alpha value is -0.300. The molecule has 0 atom stereocenters. The van der Waals surface area contributed by atoms with Crippen LogP contribution in [0, 0.1) is 6.92 Å². The van der Waals surface area contributed by atoms with Crippen LogP contribution in [0.1, 0.15) is 34.0 Å². The van der Waals surface area contributed by atoms with Gasteiger partial charge in [0.05, 0.1) is 2.74 Å². The zero-order valence-corrected chi connectivity index (χ0v) is 7.72. The minimum atomic E-state index is 0.0733. The Morgan fingerprint density at radius 2 is 2.10 bits per heavy atom. The topological polar surface area (TPSA) is 0 Å².